The van der Waals surface area contributed by atoms with Crippen molar-refractivity contribution in [2.75, 3.05) is 6.54 Å². The van der Waals surface area contributed by atoms with E-state index in [0.717, 1.165) is 4.90 Å². The Bertz CT molecular complexity index is 507. The Morgan fingerprint density at radius 1 is 1.50 bits per heavy atom. The Kier molecular flexibility index (Phi) is 3.63. The molecule has 1 aliphatic rings. The van der Waals surface area contributed by atoms with E-state index in [1.807, 2.05) is 0 Å². The van der Waals surface area contributed by atoms with E-state index in [4.69, 9.17) is 11.6 Å². The van der Waals surface area contributed by atoms with Crippen LogP contribution in [0.2, 0.25) is 5.02 Å². The quantitative estimate of drug-likeness (QED) is 0.825. The highest BCUT2D eigenvalue weighted by atomic mass is 35.5. The number of benzene rings is 1. The number of imide groups is 1. The second-order valence-corrected chi connectivity index (χ2v) is 4.54. The summed E-state index contributed by atoms with van der Waals surface area (Å²) in [6.45, 7) is 1.65. The van der Waals surface area contributed by atoms with Crippen molar-refractivity contribution in [1.29, 1.82) is 0 Å². The van der Waals surface area contributed by atoms with Gasteiger partial charge in [-0.3, -0.25) is 19.8 Å². The Morgan fingerprint density at radius 2 is 2.22 bits per heavy atom. The van der Waals surface area contributed by atoms with Crippen LogP contribution in [0.1, 0.15) is 12.5 Å². The van der Waals surface area contributed by atoms with E-state index >= 15 is 0 Å². The molecule has 1 aromatic rings. The molecule has 1 aromatic carbocycles. The predicted molar refractivity (Wildman–Crippen MR) is 64.4 cm³/mol. The minimum atomic E-state index is -0.592. The Morgan fingerprint density at radius 3 is 2.94 bits per heavy atom. The van der Waals surface area contributed by atoms with Crippen molar-refractivity contribution in [1.82, 2.24) is 10.2 Å². The number of carbonyl (C=O) groups is 2. The molecule has 1 fully saturated rings. The van der Waals surface area contributed by atoms with Gasteiger partial charge < -0.3 is 0 Å². The van der Waals surface area contributed by atoms with Crippen LogP contribution in [0.4, 0.5) is 4.39 Å². The van der Waals surface area contributed by atoms with E-state index < -0.39 is 11.9 Å². The summed E-state index contributed by atoms with van der Waals surface area (Å²) in [7, 11) is 0. The zero-order valence-corrected chi connectivity index (χ0v) is 10.5. The molecule has 0 spiro atoms. The summed E-state index contributed by atoms with van der Waals surface area (Å²) in [6, 6.07) is 4.07. The minimum absolute atomic E-state index is 0.0180. The van der Waals surface area contributed by atoms with Gasteiger partial charge >= 0.3 is 0 Å². The average Bonchev–Trinajstić information content (AvgIpc) is 2.35. The van der Waals surface area contributed by atoms with Crippen molar-refractivity contribution in [2.45, 2.75) is 19.5 Å². The molecule has 6 heteroatoms. The molecule has 0 bridgehead atoms. The first kappa shape index (κ1) is 13.0. The van der Waals surface area contributed by atoms with Crippen LogP contribution in [-0.2, 0) is 16.1 Å². The van der Waals surface area contributed by atoms with E-state index in [2.05, 4.69) is 5.32 Å². The van der Waals surface area contributed by atoms with Crippen molar-refractivity contribution in [3.05, 3.63) is 34.6 Å². The summed E-state index contributed by atoms with van der Waals surface area (Å²) in [6.07, 6.45) is 0. The minimum Gasteiger partial charge on any atom is -0.298 e. The second-order valence-electron chi connectivity index (χ2n) is 4.13. The zero-order valence-electron chi connectivity index (χ0n) is 9.74. The van der Waals surface area contributed by atoms with E-state index in [1.165, 1.54) is 12.1 Å². The molecule has 2 amide bonds. The molecule has 4 nitrogen and oxygen atoms in total. The van der Waals surface area contributed by atoms with Crippen molar-refractivity contribution in [2.24, 2.45) is 0 Å². The number of piperazine rings is 1. The second kappa shape index (κ2) is 5.04. The van der Waals surface area contributed by atoms with Gasteiger partial charge in [0.25, 0.3) is 0 Å². The maximum atomic E-state index is 13.7. The number of carbonyl (C=O) groups excluding carboxylic acids is 2. The summed E-state index contributed by atoms with van der Waals surface area (Å²) in [5.41, 5.74) is 0.235. The zero-order chi connectivity index (χ0) is 13.3. The highest BCUT2D eigenvalue weighted by molar-refractivity contribution is 6.30. The van der Waals surface area contributed by atoms with Gasteiger partial charge in [0.05, 0.1) is 24.2 Å². The van der Waals surface area contributed by atoms with Crippen LogP contribution in [-0.4, -0.2) is 29.3 Å². The van der Waals surface area contributed by atoms with Gasteiger partial charge in [0, 0.05) is 5.56 Å². The van der Waals surface area contributed by atoms with Crippen molar-refractivity contribution >= 4 is 23.4 Å². The summed E-state index contributed by atoms with van der Waals surface area (Å²) in [4.78, 5) is 24.5. The summed E-state index contributed by atoms with van der Waals surface area (Å²) in [5.74, 6) is -1.31. The molecule has 0 aliphatic carbocycles. The number of amides is 2. The third-order valence-corrected chi connectivity index (χ3v) is 3.15. The first-order chi connectivity index (χ1) is 8.50. The van der Waals surface area contributed by atoms with Gasteiger partial charge in [0.2, 0.25) is 11.8 Å². The fourth-order valence-electron chi connectivity index (χ4n) is 1.79. The molecule has 1 unspecified atom stereocenters. The number of hydrogen-bond donors (Lipinski definition) is 1. The normalized spacial score (nSPS) is 20.4. The lowest BCUT2D eigenvalue weighted by Crippen LogP contribution is -2.56. The van der Waals surface area contributed by atoms with Crippen LogP contribution in [0.5, 0.6) is 0 Å². The molecular weight excluding hydrogens is 259 g/mol. The molecule has 1 atom stereocenters. The van der Waals surface area contributed by atoms with Gasteiger partial charge in [-0.15, -0.1) is 0 Å². The SMILES string of the molecule is CC1NCC(=O)N(Cc2cccc(Cl)c2F)C1=O. The van der Waals surface area contributed by atoms with Crippen LogP contribution in [0, 0.1) is 5.82 Å². The van der Waals surface area contributed by atoms with Gasteiger partial charge in [0.15, 0.2) is 0 Å². The van der Waals surface area contributed by atoms with E-state index in [-0.39, 0.29) is 35.5 Å². The molecule has 1 heterocycles. The van der Waals surface area contributed by atoms with Crippen molar-refractivity contribution in [3.63, 3.8) is 0 Å². The van der Waals surface area contributed by atoms with E-state index in [9.17, 15) is 14.0 Å². The molecule has 1 N–H and O–H groups in total. The topological polar surface area (TPSA) is 49.4 Å². The molecule has 0 radical (unpaired) electrons. The Labute approximate surface area is 109 Å². The summed E-state index contributed by atoms with van der Waals surface area (Å²) < 4.78 is 13.7. The maximum absolute atomic E-state index is 13.7. The highest BCUT2D eigenvalue weighted by Gasteiger charge is 2.31. The van der Waals surface area contributed by atoms with Gasteiger partial charge in [0.1, 0.15) is 5.82 Å². The summed E-state index contributed by atoms with van der Waals surface area (Å²) >= 11 is 5.66. The maximum Gasteiger partial charge on any atom is 0.246 e. The van der Waals surface area contributed by atoms with Crippen molar-refractivity contribution < 1.29 is 14.0 Å². The largest absolute Gasteiger partial charge is 0.298 e. The Hall–Kier alpha value is -1.46. The molecular formula is C12H12ClFN2O2. The van der Waals surface area contributed by atoms with Gasteiger partial charge in [-0.2, -0.15) is 0 Å². The lowest BCUT2D eigenvalue weighted by molar-refractivity contribution is -0.149. The van der Waals surface area contributed by atoms with Crippen molar-refractivity contribution in [3.8, 4) is 0 Å². The lowest BCUT2D eigenvalue weighted by Gasteiger charge is -2.29. The van der Waals surface area contributed by atoms with E-state index in [1.54, 1.807) is 13.0 Å². The molecule has 96 valence electrons. The molecule has 2 rings (SSSR count). The molecule has 1 saturated heterocycles. The predicted octanol–water partition coefficient (Wildman–Crippen LogP) is 1.33. The lowest BCUT2D eigenvalue weighted by atomic mass is 10.1. The van der Waals surface area contributed by atoms with Crippen LogP contribution >= 0.6 is 11.6 Å². The van der Waals surface area contributed by atoms with E-state index in [0.29, 0.717) is 0 Å². The first-order valence-corrected chi connectivity index (χ1v) is 5.89. The fraction of sp³-hybridized carbons (Fsp3) is 0.333. The van der Waals surface area contributed by atoms with Gasteiger partial charge in [-0.05, 0) is 13.0 Å². The highest BCUT2D eigenvalue weighted by Crippen LogP contribution is 2.20. The number of halogens is 2. The van der Waals surface area contributed by atoms with Crippen LogP contribution < -0.4 is 5.32 Å². The van der Waals surface area contributed by atoms with Crippen LogP contribution in [0.25, 0.3) is 0 Å². The number of nitrogens with zero attached hydrogens (tertiary/aromatic N) is 1. The van der Waals surface area contributed by atoms with Gasteiger partial charge in [-0.25, -0.2) is 4.39 Å². The standard InChI is InChI=1S/C12H12ClFN2O2/c1-7-12(18)16(10(17)5-15-7)6-8-3-2-4-9(13)11(8)14/h2-4,7,15H,5-6H2,1H3. The molecule has 18 heavy (non-hydrogen) atoms. The smallest absolute Gasteiger partial charge is 0.246 e. The third kappa shape index (κ3) is 2.37. The monoisotopic (exact) mass is 270 g/mol. The molecule has 1 aliphatic heterocycles. The number of hydrogen-bond acceptors (Lipinski definition) is 3. The van der Waals surface area contributed by atoms with Crippen LogP contribution in [0.3, 0.4) is 0 Å². The molecule has 0 saturated carbocycles. The third-order valence-electron chi connectivity index (χ3n) is 2.86. The number of rotatable bonds is 2. The first-order valence-electron chi connectivity index (χ1n) is 5.51. The molecule has 0 aromatic heterocycles. The van der Waals surface area contributed by atoms with Crippen LogP contribution in [0.15, 0.2) is 18.2 Å². The fourth-order valence-corrected chi connectivity index (χ4v) is 1.98. The average molecular weight is 271 g/mol. The number of nitrogens with one attached hydrogen (secondary N) is 1. The Balaban J connectivity index is 2.24. The summed E-state index contributed by atoms with van der Waals surface area (Å²) in [5, 5.41) is 2.74. The van der Waals surface area contributed by atoms with Gasteiger partial charge in [-0.1, -0.05) is 23.7 Å².